The van der Waals surface area contributed by atoms with Crippen LogP contribution >= 0.6 is 23.1 Å². The van der Waals surface area contributed by atoms with Crippen molar-refractivity contribution in [1.29, 1.82) is 0 Å². The van der Waals surface area contributed by atoms with E-state index in [1.807, 2.05) is 23.1 Å². The first-order chi connectivity index (χ1) is 6.95. The Morgan fingerprint density at radius 2 is 1.86 bits per heavy atom. The summed E-state index contributed by atoms with van der Waals surface area (Å²) in [5.41, 5.74) is 1.43. The zero-order chi connectivity index (χ0) is 9.64. The van der Waals surface area contributed by atoms with Crippen molar-refractivity contribution in [1.82, 2.24) is 0 Å². The van der Waals surface area contributed by atoms with E-state index in [0.717, 1.165) is 6.42 Å². The van der Waals surface area contributed by atoms with Gasteiger partial charge in [-0.05, 0) is 23.4 Å². The molecule has 72 valence electrons. The van der Waals surface area contributed by atoms with Crippen LogP contribution in [0.4, 0.5) is 0 Å². The van der Waals surface area contributed by atoms with Gasteiger partial charge in [0.2, 0.25) is 0 Å². The summed E-state index contributed by atoms with van der Waals surface area (Å²) in [6.45, 7) is 0. The fraction of sp³-hybridized carbons (Fsp3) is 0.167. The highest BCUT2D eigenvalue weighted by molar-refractivity contribution is 8.01. The molecular formula is C12H12S2. The van der Waals surface area contributed by atoms with Crippen molar-refractivity contribution in [3.8, 4) is 0 Å². The van der Waals surface area contributed by atoms with Crippen LogP contribution < -0.4 is 0 Å². The maximum absolute atomic E-state index is 2.19. The number of thioether (sulfide) groups is 1. The lowest BCUT2D eigenvalue weighted by Crippen LogP contribution is -1.86. The van der Waals surface area contributed by atoms with Crippen LogP contribution in [0, 0.1) is 0 Å². The molecule has 2 rings (SSSR count). The van der Waals surface area contributed by atoms with Gasteiger partial charge < -0.3 is 0 Å². The first-order valence-corrected chi connectivity index (χ1v) is 6.52. The predicted molar refractivity (Wildman–Crippen MR) is 65.2 cm³/mol. The van der Waals surface area contributed by atoms with Gasteiger partial charge in [0, 0.05) is 5.75 Å². The zero-order valence-corrected chi connectivity index (χ0v) is 9.48. The topological polar surface area (TPSA) is 0 Å². The molecule has 1 aromatic heterocycles. The van der Waals surface area contributed by atoms with Crippen molar-refractivity contribution in [2.24, 2.45) is 0 Å². The van der Waals surface area contributed by atoms with Gasteiger partial charge in [-0.25, -0.2) is 0 Å². The minimum absolute atomic E-state index is 1.16. The Morgan fingerprint density at radius 1 is 1.00 bits per heavy atom. The van der Waals surface area contributed by atoms with E-state index in [1.165, 1.54) is 15.5 Å². The molecule has 0 aliphatic carbocycles. The molecule has 0 nitrogen and oxygen atoms in total. The molecule has 1 heterocycles. The van der Waals surface area contributed by atoms with E-state index < -0.39 is 0 Å². The molecule has 0 unspecified atom stereocenters. The third-order valence-corrected chi connectivity index (χ3v) is 4.11. The summed E-state index contributed by atoms with van der Waals surface area (Å²) in [7, 11) is 0. The monoisotopic (exact) mass is 220 g/mol. The second-order valence-corrected chi connectivity index (χ2v) is 5.36. The van der Waals surface area contributed by atoms with Crippen LogP contribution in [0.25, 0.3) is 0 Å². The lowest BCUT2D eigenvalue weighted by Gasteiger charge is -1.99. The maximum atomic E-state index is 2.19. The van der Waals surface area contributed by atoms with Gasteiger partial charge in [0.1, 0.15) is 0 Å². The van der Waals surface area contributed by atoms with Gasteiger partial charge in [-0.15, -0.1) is 23.1 Å². The van der Waals surface area contributed by atoms with Gasteiger partial charge in [-0.1, -0.05) is 36.4 Å². The van der Waals surface area contributed by atoms with Gasteiger partial charge in [0.05, 0.1) is 4.21 Å². The first kappa shape index (κ1) is 9.81. The number of hydrogen-bond acceptors (Lipinski definition) is 2. The second-order valence-electron chi connectivity index (χ2n) is 3.02. The Balaban J connectivity index is 1.79. The molecule has 0 spiro atoms. The van der Waals surface area contributed by atoms with E-state index in [0.29, 0.717) is 0 Å². The van der Waals surface area contributed by atoms with Gasteiger partial charge in [0.15, 0.2) is 0 Å². The fourth-order valence-electron chi connectivity index (χ4n) is 1.26. The highest BCUT2D eigenvalue weighted by atomic mass is 32.2. The molecule has 0 atom stereocenters. The second kappa shape index (κ2) is 5.23. The Hall–Kier alpha value is -0.730. The van der Waals surface area contributed by atoms with E-state index >= 15 is 0 Å². The van der Waals surface area contributed by atoms with E-state index in [2.05, 4.69) is 47.8 Å². The van der Waals surface area contributed by atoms with Gasteiger partial charge in [-0.3, -0.25) is 0 Å². The van der Waals surface area contributed by atoms with E-state index in [-0.39, 0.29) is 0 Å². The molecule has 0 N–H and O–H groups in total. The Kier molecular flexibility index (Phi) is 3.66. The van der Waals surface area contributed by atoms with Crippen molar-refractivity contribution in [2.75, 3.05) is 5.75 Å². The van der Waals surface area contributed by atoms with E-state index in [1.54, 1.807) is 0 Å². The van der Waals surface area contributed by atoms with Crippen LogP contribution in [-0.4, -0.2) is 5.75 Å². The Bertz CT molecular complexity index is 351. The number of aryl methyl sites for hydroxylation is 1. The van der Waals surface area contributed by atoms with Gasteiger partial charge in [0.25, 0.3) is 0 Å². The normalized spacial score (nSPS) is 10.3. The molecule has 0 aliphatic rings. The molecule has 0 saturated heterocycles. The van der Waals surface area contributed by atoms with Crippen LogP contribution in [-0.2, 0) is 6.42 Å². The largest absolute Gasteiger partial charge is 0.137 e. The zero-order valence-electron chi connectivity index (χ0n) is 7.85. The summed E-state index contributed by atoms with van der Waals surface area (Å²) in [5.74, 6) is 1.17. The van der Waals surface area contributed by atoms with Crippen molar-refractivity contribution in [2.45, 2.75) is 10.6 Å². The van der Waals surface area contributed by atoms with Crippen LogP contribution in [0.5, 0.6) is 0 Å². The third-order valence-electron chi connectivity index (χ3n) is 1.97. The van der Waals surface area contributed by atoms with E-state index in [9.17, 15) is 0 Å². The van der Waals surface area contributed by atoms with Crippen molar-refractivity contribution >= 4 is 23.1 Å². The fourth-order valence-corrected chi connectivity index (χ4v) is 3.11. The van der Waals surface area contributed by atoms with Crippen LogP contribution in [0.3, 0.4) is 0 Å². The minimum atomic E-state index is 1.16. The average molecular weight is 220 g/mol. The summed E-state index contributed by atoms with van der Waals surface area (Å²) in [4.78, 5) is 0. The van der Waals surface area contributed by atoms with Crippen molar-refractivity contribution in [3.05, 3.63) is 53.4 Å². The smallest absolute Gasteiger partial charge is 0.0598 e. The number of benzene rings is 1. The quantitative estimate of drug-likeness (QED) is 0.700. The summed E-state index contributed by atoms with van der Waals surface area (Å²) in [6.07, 6.45) is 1.16. The minimum Gasteiger partial charge on any atom is -0.137 e. The molecule has 0 bridgehead atoms. The average Bonchev–Trinajstić information content (AvgIpc) is 2.72. The molecule has 2 aromatic rings. The Labute approximate surface area is 93.0 Å². The summed E-state index contributed by atoms with van der Waals surface area (Å²) < 4.78 is 1.42. The number of thiophene rings is 1. The third kappa shape index (κ3) is 2.89. The van der Waals surface area contributed by atoms with Crippen LogP contribution in [0.15, 0.2) is 52.1 Å². The highest BCUT2D eigenvalue weighted by Crippen LogP contribution is 2.23. The number of hydrogen-bond donors (Lipinski definition) is 0. The molecule has 2 heteroatoms. The molecular weight excluding hydrogens is 208 g/mol. The van der Waals surface area contributed by atoms with Gasteiger partial charge >= 0.3 is 0 Å². The first-order valence-electron chi connectivity index (χ1n) is 4.65. The summed E-state index contributed by atoms with van der Waals surface area (Å²) in [6, 6.07) is 14.9. The Morgan fingerprint density at radius 3 is 2.57 bits per heavy atom. The lowest BCUT2D eigenvalue weighted by molar-refractivity contribution is 1.16. The van der Waals surface area contributed by atoms with Crippen molar-refractivity contribution in [3.63, 3.8) is 0 Å². The molecule has 0 fully saturated rings. The maximum Gasteiger partial charge on any atom is 0.0598 e. The summed E-state index contributed by atoms with van der Waals surface area (Å²) in [5, 5.41) is 2.13. The lowest BCUT2D eigenvalue weighted by atomic mass is 10.2. The van der Waals surface area contributed by atoms with Crippen molar-refractivity contribution < 1.29 is 0 Å². The van der Waals surface area contributed by atoms with E-state index in [4.69, 9.17) is 0 Å². The molecule has 0 aliphatic heterocycles. The molecule has 14 heavy (non-hydrogen) atoms. The van der Waals surface area contributed by atoms with Gasteiger partial charge in [-0.2, -0.15) is 0 Å². The molecule has 0 saturated carbocycles. The number of rotatable bonds is 4. The van der Waals surface area contributed by atoms with Crippen LogP contribution in [0.1, 0.15) is 5.56 Å². The SMILES string of the molecule is c1ccc(CCSc2cccs2)cc1. The molecule has 0 radical (unpaired) electrons. The van der Waals surface area contributed by atoms with Crippen LogP contribution in [0.2, 0.25) is 0 Å². The summed E-state index contributed by atoms with van der Waals surface area (Å²) >= 11 is 3.76. The predicted octanol–water partition coefficient (Wildman–Crippen LogP) is 4.08. The molecule has 1 aromatic carbocycles. The molecule has 0 amide bonds. The highest BCUT2D eigenvalue weighted by Gasteiger charge is 1.95. The standard InChI is InChI=1S/C12H12S2/c1-2-5-11(6-3-1)8-10-14-12-7-4-9-13-12/h1-7,9H,8,10H2.